The highest BCUT2D eigenvalue weighted by atomic mass is 16.4. The molecule has 0 saturated heterocycles. The van der Waals surface area contributed by atoms with Gasteiger partial charge < -0.3 is 15.5 Å². The molecule has 154 valence electrons. The summed E-state index contributed by atoms with van der Waals surface area (Å²) in [6, 6.07) is 26.7. The van der Waals surface area contributed by atoms with E-state index in [1.54, 1.807) is 6.07 Å². The predicted octanol–water partition coefficient (Wildman–Crippen LogP) is 4.64. The molecule has 0 saturated carbocycles. The van der Waals surface area contributed by atoms with Crippen molar-refractivity contribution in [2.45, 2.75) is 12.5 Å². The molecule has 4 aromatic carbocycles. The average molecular weight is 411 g/mol. The minimum atomic E-state index is -1.14. The van der Waals surface area contributed by atoms with Gasteiger partial charge in [0, 0.05) is 6.42 Å². The number of benzene rings is 4. The van der Waals surface area contributed by atoms with E-state index in [4.69, 9.17) is 0 Å². The number of hydrogen-bond donors (Lipinski definition) is 3. The number of carbonyl (C=O) groups is 2. The van der Waals surface area contributed by atoms with Crippen molar-refractivity contribution in [3.63, 3.8) is 0 Å². The Balaban J connectivity index is 1.51. The number of fused-ring (bicyclic) bond motifs is 1. The summed E-state index contributed by atoms with van der Waals surface area (Å²) in [6.07, 6.45) is 0.129. The van der Waals surface area contributed by atoms with Crippen LogP contribution in [0.2, 0.25) is 0 Å². The van der Waals surface area contributed by atoms with Gasteiger partial charge in [0.2, 0.25) is 0 Å². The van der Waals surface area contributed by atoms with Gasteiger partial charge in [-0.3, -0.25) is 4.79 Å². The lowest BCUT2D eigenvalue weighted by molar-refractivity contribution is -0.139. The molecule has 0 spiro atoms. The van der Waals surface area contributed by atoms with E-state index in [1.165, 1.54) is 6.07 Å². The molecular weight excluding hydrogens is 390 g/mol. The SMILES string of the molecule is O=C(NC(Cc1ccc(-c2ccccc2)cc1)C(=O)O)c1cc2ccccc2cc1O. The number of amides is 1. The summed E-state index contributed by atoms with van der Waals surface area (Å²) in [5, 5.41) is 24.0. The molecule has 0 aliphatic rings. The van der Waals surface area contributed by atoms with Crippen LogP contribution in [0.4, 0.5) is 0 Å². The lowest BCUT2D eigenvalue weighted by Crippen LogP contribution is -2.42. The standard InChI is InChI=1S/C26H21NO4/c28-24-16-21-9-5-4-8-20(21)15-22(24)25(29)27-23(26(30)31)14-17-10-12-19(13-11-17)18-6-2-1-3-7-18/h1-13,15-16,23,28H,14H2,(H,27,29)(H,30,31). The summed E-state index contributed by atoms with van der Waals surface area (Å²) in [5.41, 5.74) is 2.93. The number of nitrogens with one attached hydrogen (secondary N) is 1. The van der Waals surface area contributed by atoms with Crippen LogP contribution in [0.15, 0.2) is 91.0 Å². The maximum atomic E-state index is 12.7. The minimum absolute atomic E-state index is 0.0457. The van der Waals surface area contributed by atoms with Crippen molar-refractivity contribution >= 4 is 22.6 Å². The number of hydrogen-bond acceptors (Lipinski definition) is 3. The Morgan fingerprint density at radius 2 is 1.35 bits per heavy atom. The van der Waals surface area contributed by atoms with Gasteiger partial charge in [-0.05, 0) is 39.6 Å². The van der Waals surface area contributed by atoms with Gasteiger partial charge in [0.15, 0.2) is 0 Å². The highest BCUT2D eigenvalue weighted by molar-refractivity contribution is 6.02. The van der Waals surface area contributed by atoms with Crippen molar-refractivity contribution < 1.29 is 19.8 Å². The van der Waals surface area contributed by atoms with Crippen LogP contribution in [-0.2, 0) is 11.2 Å². The van der Waals surface area contributed by atoms with E-state index in [-0.39, 0.29) is 17.7 Å². The Labute approximate surface area is 179 Å². The van der Waals surface area contributed by atoms with E-state index in [9.17, 15) is 19.8 Å². The third-order valence-corrected chi connectivity index (χ3v) is 5.21. The lowest BCUT2D eigenvalue weighted by atomic mass is 10.00. The molecule has 4 rings (SSSR count). The van der Waals surface area contributed by atoms with Crippen LogP contribution in [0, 0.1) is 0 Å². The zero-order valence-electron chi connectivity index (χ0n) is 16.7. The van der Waals surface area contributed by atoms with Gasteiger partial charge in [0.1, 0.15) is 11.8 Å². The summed E-state index contributed by atoms with van der Waals surface area (Å²) < 4.78 is 0. The predicted molar refractivity (Wildman–Crippen MR) is 120 cm³/mol. The molecule has 1 atom stereocenters. The van der Waals surface area contributed by atoms with Crippen molar-refractivity contribution in [2.24, 2.45) is 0 Å². The van der Waals surface area contributed by atoms with Crippen LogP contribution in [0.25, 0.3) is 21.9 Å². The Kier molecular flexibility index (Phi) is 5.67. The first-order valence-electron chi connectivity index (χ1n) is 9.91. The van der Waals surface area contributed by atoms with Crippen LogP contribution in [-0.4, -0.2) is 28.1 Å². The third kappa shape index (κ3) is 4.56. The second kappa shape index (κ2) is 8.71. The van der Waals surface area contributed by atoms with E-state index in [2.05, 4.69) is 5.32 Å². The van der Waals surface area contributed by atoms with Gasteiger partial charge in [-0.2, -0.15) is 0 Å². The van der Waals surface area contributed by atoms with Crippen molar-refractivity contribution in [2.75, 3.05) is 0 Å². The van der Waals surface area contributed by atoms with Crippen molar-refractivity contribution in [3.05, 3.63) is 102 Å². The topological polar surface area (TPSA) is 86.6 Å². The summed E-state index contributed by atoms with van der Waals surface area (Å²) in [5.74, 6) is -1.95. The van der Waals surface area contributed by atoms with Gasteiger partial charge in [0.05, 0.1) is 5.56 Å². The highest BCUT2D eigenvalue weighted by Crippen LogP contribution is 2.25. The van der Waals surface area contributed by atoms with E-state index in [0.717, 1.165) is 27.5 Å². The first kappa shape index (κ1) is 20.2. The molecule has 3 N–H and O–H groups in total. The van der Waals surface area contributed by atoms with Gasteiger partial charge in [-0.15, -0.1) is 0 Å². The second-order valence-corrected chi connectivity index (χ2v) is 7.35. The zero-order chi connectivity index (χ0) is 21.8. The molecule has 0 heterocycles. The van der Waals surface area contributed by atoms with Crippen molar-refractivity contribution in [1.82, 2.24) is 5.32 Å². The summed E-state index contributed by atoms with van der Waals surface area (Å²) in [6.45, 7) is 0. The fourth-order valence-corrected chi connectivity index (χ4v) is 3.55. The second-order valence-electron chi connectivity index (χ2n) is 7.35. The van der Waals surface area contributed by atoms with Gasteiger partial charge in [-0.1, -0.05) is 78.9 Å². The number of phenols is 1. The number of carboxylic acid groups (broad SMARTS) is 1. The largest absolute Gasteiger partial charge is 0.507 e. The molecule has 0 aliphatic carbocycles. The Bertz CT molecular complexity index is 1230. The molecule has 0 radical (unpaired) electrons. The summed E-state index contributed by atoms with van der Waals surface area (Å²) in [4.78, 5) is 24.5. The van der Waals surface area contributed by atoms with Crippen LogP contribution < -0.4 is 5.32 Å². The van der Waals surface area contributed by atoms with E-state index >= 15 is 0 Å². The quantitative estimate of drug-likeness (QED) is 0.431. The van der Waals surface area contributed by atoms with Crippen LogP contribution >= 0.6 is 0 Å². The first-order valence-corrected chi connectivity index (χ1v) is 9.91. The maximum Gasteiger partial charge on any atom is 0.326 e. The molecular formula is C26H21NO4. The molecule has 0 aromatic heterocycles. The number of carbonyl (C=O) groups excluding carboxylic acids is 1. The van der Waals surface area contributed by atoms with Gasteiger partial charge in [0.25, 0.3) is 5.91 Å². The third-order valence-electron chi connectivity index (χ3n) is 5.21. The van der Waals surface area contributed by atoms with Gasteiger partial charge >= 0.3 is 5.97 Å². The Morgan fingerprint density at radius 1 is 0.774 bits per heavy atom. The zero-order valence-corrected chi connectivity index (χ0v) is 16.7. The molecule has 1 amide bonds. The van der Waals surface area contributed by atoms with Crippen molar-refractivity contribution in [3.8, 4) is 16.9 Å². The highest BCUT2D eigenvalue weighted by Gasteiger charge is 2.23. The van der Waals surface area contributed by atoms with Crippen LogP contribution in [0.5, 0.6) is 5.75 Å². The molecule has 0 aliphatic heterocycles. The lowest BCUT2D eigenvalue weighted by Gasteiger charge is -2.16. The number of rotatable bonds is 6. The molecule has 1 unspecified atom stereocenters. The Hall–Kier alpha value is -4.12. The van der Waals surface area contributed by atoms with Crippen LogP contribution in [0.3, 0.4) is 0 Å². The number of aliphatic carboxylic acids is 1. The molecule has 0 fully saturated rings. The van der Waals surface area contributed by atoms with Crippen molar-refractivity contribution in [1.29, 1.82) is 0 Å². The number of phenolic OH excluding ortho intramolecular Hbond substituents is 1. The van der Waals surface area contributed by atoms with Gasteiger partial charge in [-0.25, -0.2) is 4.79 Å². The molecule has 4 aromatic rings. The van der Waals surface area contributed by atoms with E-state index < -0.39 is 17.9 Å². The normalized spacial score (nSPS) is 11.7. The Morgan fingerprint density at radius 3 is 2.00 bits per heavy atom. The molecule has 5 heteroatoms. The van der Waals surface area contributed by atoms with Crippen LogP contribution in [0.1, 0.15) is 15.9 Å². The molecule has 0 bridgehead atoms. The molecule has 5 nitrogen and oxygen atoms in total. The summed E-state index contributed by atoms with van der Waals surface area (Å²) >= 11 is 0. The first-order chi connectivity index (χ1) is 15.0. The number of aromatic hydroxyl groups is 1. The minimum Gasteiger partial charge on any atom is -0.507 e. The van der Waals surface area contributed by atoms with E-state index in [0.29, 0.717) is 0 Å². The fourth-order valence-electron chi connectivity index (χ4n) is 3.55. The fraction of sp³-hybridized carbons (Fsp3) is 0.0769. The van der Waals surface area contributed by atoms with E-state index in [1.807, 2.05) is 78.9 Å². The smallest absolute Gasteiger partial charge is 0.326 e. The molecule has 31 heavy (non-hydrogen) atoms. The maximum absolute atomic E-state index is 12.7. The average Bonchev–Trinajstić information content (AvgIpc) is 2.79. The number of carboxylic acids is 1. The monoisotopic (exact) mass is 411 g/mol. The summed E-state index contributed by atoms with van der Waals surface area (Å²) in [7, 11) is 0.